The van der Waals surface area contributed by atoms with Crippen LogP contribution in [0.4, 0.5) is 28.0 Å². The van der Waals surface area contributed by atoms with Gasteiger partial charge in [0.25, 0.3) is 9.84 Å². The SMILES string of the molecule is CC(C)(C)OC(=O)N[C@@H]1CCN(c2ccc(F)cc2S(=O)(=O)C(F)(F)F)C1. The van der Waals surface area contributed by atoms with Crippen LogP contribution in [-0.2, 0) is 14.6 Å². The van der Waals surface area contributed by atoms with Crippen LogP contribution in [0, 0.1) is 5.82 Å². The number of nitrogens with zero attached hydrogens (tertiary/aromatic N) is 1. The third-order valence-corrected chi connectivity index (χ3v) is 5.28. The molecule has 2 rings (SSSR count). The lowest BCUT2D eigenvalue weighted by Gasteiger charge is -2.24. The number of ether oxygens (including phenoxy) is 1. The highest BCUT2D eigenvalue weighted by atomic mass is 32.2. The smallest absolute Gasteiger partial charge is 0.444 e. The fraction of sp³-hybridized carbons (Fsp3) is 0.562. The molecule has 0 aromatic heterocycles. The van der Waals surface area contributed by atoms with Crippen LogP contribution in [0.5, 0.6) is 0 Å². The third-order valence-electron chi connectivity index (χ3n) is 3.77. The topological polar surface area (TPSA) is 75.7 Å². The van der Waals surface area contributed by atoms with Crippen molar-refractivity contribution in [1.29, 1.82) is 0 Å². The molecule has 152 valence electrons. The van der Waals surface area contributed by atoms with Crippen molar-refractivity contribution in [2.24, 2.45) is 0 Å². The fourth-order valence-electron chi connectivity index (χ4n) is 2.66. The summed E-state index contributed by atoms with van der Waals surface area (Å²) in [7, 11) is -5.73. The van der Waals surface area contributed by atoms with Crippen molar-refractivity contribution in [1.82, 2.24) is 5.32 Å². The summed E-state index contributed by atoms with van der Waals surface area (Å²) >= 11 is 0. The second-order valence-electron chi connectivity index (χ2n) is 7.14. The average Bonchev–Trinajstić information content (AvgIpc) is 2.92. The van der Waals surface area contributed by atoms with E-state index in [2.05, 4.69) is 5.32 Å². The first-order chi connectivity index (χ1) is 12.2. The Morgan fingerprint density at radius 3 is 2.44 bits per heavy atom. The van der Waals surface area contributed by atoms with Gasteiger partial charge in [0.2, 0.25) is 0 Å². The van der Waals surface area contributed by atoms with Crippen LogP contribution >= 0.6 is 0 Å². The maximum absolute atomic E-state index is 13.4. The highest BCUT2D eigenvalue weighted by Gasteiger charge is 2.48. The van der Waals surface area contributed by atoms with E-state index in [9.17, 15) is 30.8 Å². The summed E-state index contributed by atoms with van der Waals surface area (Å²) in [5.74, 6) is -1.09. The molecule has 1 aromatic carbocycles. The van der Waals surface area contributed by atoms with E-state index in [4.69, 9.17) is 4.74 Å². The lowest BCUT2D eigenvalue weighted by Crippen LogP contribution is -2.40. The summed E-state index contributed by atoms with van der Waals surface area (Å²) in [5, 5.41) is 2.59. The van der Waals surface area contributed by atoms with E-state index in [1.54, 1.807) is 20.8 Å². The summed E-state index contributed by atoms with van der Waals surface area (Å²) in [6.45, 7) is 5.29. The summed E-state index contributed by atoms with van der Waals surface area (Å²) < 4.78 is 80.9. The number of halogens is 4. The van der Waals surface area contributed by atoms with E-state index in [0.717, 1.165) is 12.1 Å². The Balaban J connectivity index is 2.22. The molecule has 1 aromatic rings. The van der Waals surface area contributed by atoms with Gasteiger partial charge in [0.1, 0.15) is 16.3 Å². The molecule has 1 saturated heterocycles. The van der Waals surface area contributed by atoms with E-state index in [1.165, 1.54) is 4.90 Å². The minimum Gasteiger partial charge on any atom is -0.444 e. The molecular weight excluding hydrogens is 392 g/mol. The van der Waals surface area contributed by atoms with Gasteiger partial charge in [0, 0.05) is 13.1 Å². The highest BCUT2D eigenvalue weighted by Crippen LogP contribution is 2.37. The number of hydrogen-bond donors (Lipinski definition) is 1. The van der Waals surface area contributed by atoms with Crippen molar-refractivity contribution in [3.8, 4) is 0 Å². The predicted octanol–water partition coefficient (Wildman–Crippen LogP) is 3.22. The van der Waals surface area contributed by atoms with Crippen molar-refractivity contribution in [2.45, 2.75) is 49.2 Å². The van der Waals surface area contributed by atoms with Crippen molar-refractivity contribution in [2.75, 3.05) is 18.0 Å². The molecule has 1 atom stereocenters. The lowest BCUT2D eigenvalue weighted by atomic mass is 10.2. The van der Waals surface area contributed by atoms with Gasteiger partial charge in [-0.2, -0.15) is 13.2 Å². The Labute approximate surface area is 154 Å². The van der Waals surface area contributed by atoms with Gasteiger partial charge in [-0.15, -0.1) is 0 Å². The van der Waals surface area contributed by atoms with E-state index < -0.39 is 43.8 Å². The maximum atomic E-state index is 13.4. The van der Waals surface area contributed by atoms with Gasteiger partial charge < -0.3 is 15.0 Å². The summed E-state index contributed by atoms with van der Waals surface area (Å²) in [5.41, 5.74) is -6.53. The number of nitrogens with one attached hydrogen (secondary N) is 1. The number of hydrogen-bond acceptors (Lipinski definition) is 5. The van der Waals surface area contributed by atoms with Crippen LogP contribution in [0.3, 0.4) is 0 Å². The Bertz CT molecular complexity index is 819. The molecule has 11 heteroatoms. The number of amides is 1. The predicted molar refractivity (Wildman–Crippen MR) is 89.6 cm³/mol. The summed E-state index contributed by atoms with van der Waals surface area (Å²) in [6.07, 6.45) is -0.320. The van der Waals surface area contributed by atoms with Crippen LogP contribution in [0.1, 0.15) is 27.2 Å². The average molecular weight is 412 g/mol. The highest BCUT2D eigenvalue weighted by molar-refractivity contribution is 7.92. The van der Waals surface area contributed by atoms with Gasteiger partial charge in [-0.1, -0.05) is 0 Å². The van der Waals surface area contributed by atoms with Crippen molar-refractivity contribution in [3.63, 3.8) is 0 Å². The zero-order valence-corrected chi connectivity index (χ0v) is 15.7. The molecule has 0 spiro atoms. The molecule has 0 radical (unpaired) electrons. The Hall–Kier alpha value is -2.04. The summed E-state index contributed by atoms with van der Waals surface area (Å²) in [6, 6.07) is 1.78. The second kappa shape index (κ2) is 7.17. The van der Waals surface area contributed by atoms with E-state index in [0.29, 0.717) is 12.5 Å². The van der Waals surface area contributed by atoms with Gasteiger partial charge >= 0.3 is 11.6 Å². The number of carbonyl (C=O) groups excluding carboxylic acids is 1. The zero-order valence-electron chi connectivity index (χ0n) is 14.9. The number of carbonyl (C=O) groups is 1. The molecule has 0 unspecified atom stereocenters. The Kier molecular flexibility index (Phi) is 5.65. The first-order valence-corrected chi connectivity index (χ1v) is 9.54. The largest absolute Gasteiger partial charge is 0.501 e. The van der Waals surface area contributed by atoms with Crippen molar-refractivity contribution >= 4 is 21.6 Å². The molecule has 0 aliphatic carbocycles. The number of anilines is 1. The molecule has 1 aliphatic rings. The van der Waals surface area contributed by atoms with Gasteiger partial charge in [0.15, 0.2) is 0 Å². The van der Waals surface area contributed by atoms with Gasteiger partial charge in [-0.25, -0.2) is 17.6 Å². The zero-order chi connectivity index (χ0) is 20.6. The molecule has 0 saturated carbocycles. The fourth-order valence-corrected chi connectivity index (χ4v) is 3.65. The number of rotatable bonds is 3. The van der Waals surface area contributed by atoms with Crippen LogP contribution in [-0.4, -0.2) is 44.8 Å². The van der Waals surface area contributed by atoms with Gasteiger partial charge in [-0.05, 0) is 45.4 Å². The van der Waals surface area contributed by atoms with Crippen LogP contribution in [0.25, 0.3) is 0 Å². The normalized spacial score (nSPS) is 18.5. The molecule has 1 heterocycles. The first kappa shape index (κ1) is 21.3. The molecule has 0 bridgehead atoms. The Morgan fingerprint density at radius 2 is 1.89 bits per heavy atom. The maximum Gasteiger partial charge on any atom is 0.501 e. The second-order valence-corrected chi connectivity index (χ2v) is 9.05. The Morgan fingerprint density at radius 1 is 1.26 bits per heavy atom. The molecule has 1 aliphatic heterocycles. The molecular formula is C16H20F4N2O4S. The molecule has 6 nitrogen and oxygen atoms in total. The van der Waals surface area contributed by atoms with Crippen LogP contribution in [0.15, 0.2) is 23.1 Å². The molecule has 27 heavy (non-hydrogen) atoms. The number of alkyl halides is 3. The number of sulfone groups is 1. The van der Waals surface area contributed by atoms with Gasteiger partial charge in [-0.3, -0.25) is 0 Å². The quantitative estimate of drug-likeness (QED) is 0.772. The van der Waals surface area contributed by atoms with Crippen LogP contribution < -0.4 is 10.2 Å². The minimum atomic E-state index is -5.73. The minimum absolute atomic E-state index is 0.0608. The standard InChI is InChI=1S/C16H20F4N2O4S/c1-15(2,3)26-14(23)21-11-6-7-22(9-11)12-5-4-10(17)8-13(12)27(24,25)16(18,19)20/h4-5,8,11H,6-7,9H2,1-3H3,(H,21,23)/t11-/m1/s1. The first-order valence-electron chi connectivity index (χ1n) is 8.06. The van der Waals surface area contributed by atoms with E-state index in [1.807, 2.05) is 0 Å². The summed E-state index contributed by atoms with van der Waals surface area (Å²) in [4.78, 5) is 12.0. The molecule has 1 N–H and O–H groups in total. The third kappa shape index (κ3) is 5.02. The monoisotopic (exact) mass is 412 g/mol. The van der Waals surface area contributed by atoms with E-state index in [-0.39, 0.29) is 18.8 Å². The lowest BCUT2D eigenvalue weighted by molar-refractivity contribution is -0.0435. The number of alkyl carbamates (subject to hydrolysis) is 1. The number of benzene rings is 1. The van der Waals surface area contributed by atoms with Gasteiger partial charge in [0.05, 0.1) is 11.7 Å². The molecule has 1 amide bonds. The molecule has 1 fully saturated rings. The van der Waals surface area contributed by atoms with Crippen molar-refractivity contribution < 1.29 is 35.5 Å². The van der Waals surface area contributed by atoms with Crippen LogP contribution in [0.2, 0.25) is 0 Å². The van der Waals surface area contributed by atoms with E-state index >= 15 is 0 Å². The van der Waals surface area contributed by atoms with Crippen molar-refractivity contribution in [3.05, 3.63) is 24.0 Å².